The van der Waals surface area contributed by atoms with E-state index in [-0.39, 0.29) is 5.69 Å². The van der Waals surface area contributed by atoms with Crippen LogP contribution in [0.3, 0.4) is 0 Å². The lowest BCUT2D eigenvalue weighted by molar-refractivity contribution is 0.837. The Morgan fingerprint density at radius 1 is 1.14 bits per heavy atom. The first-order valence-electron chi connectivity index (χ1n) is 7.49. The molecule has 0 bridgehead atoms. The summed E-state index contributed by atoms with van der Waals surface area (Å²) >= 11 is 0. The van der Waals surface area contributed by atoms with Gasteiger partial charge in [-0.05, 0) is 54.0 Å². The molecule has 1 heterocycles. The maximum absolute atomic E-state index is 11.9. The van der Waals surface area contributed by atoms with Crippen LogP contribution in [0, 0.1) is 5.92 Å². The van der Waals surface area contributed by atoms with Crippen LogP contribution < -0.4 is 5.69 Å². The largest absolute Gasteiger partial charge is 0.326 e. The second-order valence-corrected chi connectivity index (χ2v) is 6.03. The van der Waals surface area contributed by atoms with E-state index < -0.39 is 0 Å². The number of aryl methyl sites for hydroxylation is 1. The van der Waals surface area contributed by atoms with E-state index in [1.807, 2.05) is 13.1 Å². The van der Waals surface area contributed by atoms with Gasteiger partial charge in [-0.15, -0.1) is 0 Å². The summed E-state index contributed by atoms with van der Waals surface area (Å²) in [5.41, 5.74) is 5.63. The van der Waals surface area contributed by atoms with E-state index in [0.717, 1.165) is 23.4 Å². The van der Waals surface area contributed by atoms with Crippen LogP contribution in [-0.2, 0) is 13.5 Å². The number of aromatic amines is 1. The van der Waals surface area contributed by atoms with Crippen molar-refractivity contribution in [2.75, 3.05) is 0 Å². The average molecular weight is 278 g/mol. The van der Waals surface area contributed by atoms with Gasteiger partial charge in [0, 0.05) is 7.05 Å². The van der Waals surface area contributed by atoms with Crippen LogP contribution in [0.2, 0.25) is 0 Å². The van der Waals surface area contributed by atoms with Crippen molar-refractivity contribution in [3.63, 3.8) is 0 Å². The fourth-order valence-electron chi connectivity index (χ4n) is 2.99. The van der Waals surface area contributed by atoms with Crippen LogP contribution in [0.5, 0.6) is 0 Å². The lowest BCUT2D eigenvalue weighted by Gasteiger charge is -2.08. The quantitative estimate of drug-likeness (QED) is 0.782. The van der Waals surface area contributed by atoms with Crippen molar-refractivity contribution in [2.45, 2.75) is 19.3 Å². The zero-order chi connectivity index (χ0) is 14.4. The molecule has 1 saturated carbocycles. The SMILES string of the molecule is Cn1c(=O)[nH]c2c(CC3CC3)cc(-c3ccccc3)cc21. The van der Waals surface area contributed by atoms with Crippen LogP contribution in [-0.4, -0.2) is 9.55 Å². The summed E-state index contributed by atoms with van der Waals surface area (Å²) in [4.78, 5) is 15.0. The summed E-state index contributed by atoms with van der Waals surface area (Å²) in [5, 5.41) is 0. The molecule has 2 aromatic carbocycles. The predicted octanol–water partition coefficient (Wildman–Crippen LogP) is 3.49. The minimum absolute atomic E-state index is 0.0349. The molecule has 1 aliphatic carbocycles. The van der Waals surface area contributed by atoms with E-state index in [4.69, 9.17) is 0 Å². The molecule has 21 heavy (non-hydrogen) atoms. The molecule has 1 fully saturated rings. The third-order valence-electron chi connectivity index (χ3n) is 4.41. The lowest BCUT2D eigenvalue weighted by Crippen LogP contribution is -2.11. The topological polar surface area (TPSA) is 37.8 Å². The fourth-order valence-corrected chi connectivity index (χ4v) is 2.99. The highest BCUT2D eigenvalue weighted by Gasteiger charge is 2.23. The number of fused-ring (bicyclic) bond motifs is 1. The van der Waals surface area contributed by atoms with E-state index >= 15 is 0 Å². The van der Waals surface area contributed by atoms with Crippen molar-refractivity contribution in [1.29, 1.82) is 0 Å². The van der Waals surface area contributed by atoms with Gasteiger partial charge in [0.05, 0.1) is 11.0 Å². The first-order valence-corrected chi connectivity index (χ1v) is 7.49. The van der Waals surface area contributed by atoms with Gasteiger partial charge < -0.3 is 4.98 Å². The Balaban J connectivity index is 1.95. The predicted molar refractivity (Wildman–Crippen MR) is 85.4 cm³/mol. The second-order valence-electron chi connectivity index (χ2n) is 6.03. The van der Waals surface area contributed by atoms with Gasteiger partial charge in [-0.3, -0.25) is 4.57 Å². The number of nitrogens with one attached hydrogen (secondary N) is 1. The molecule has 1 aromatic heterocycles. The van der Waals surface area contributed by atoms with E-state index in [9.17, 15) is 4.79 Å². The Morgan fingerprint density at radius 3 is 2.62 bits per heavy atom. The third kappa shape index (κ3) is 2.19. The monoisotopic (exact) mass is 278 g/mol. The lowest BCUT2D eigenvalue weighted by atomic mass is 9.99. The molecule has 106 valence electrons. The van der Waals surface area contributed by atoms with Gasteiger partial charge in [0.2, 0.25) is 0 Å². The highest BCUT2D eigenvalue weighted by Crippen LogP contribution is 2.35. The Kier molecular flexibility index (Phi) is 2.74. The van der Waals surface area contributed by atoms with Crippen molar-refractivity contribution in [1.82, 2.24) is 9.55 Å². The van der Waals surface area contributed by atoms with E-state index in [1.54, 1.807) is 4.57 Å². The van der Waals surface area contributed by atoms with Crippen LogP contribution in [0.25, 0.3) is 22.2 Å². The third-order valence-corrected chi connectivity index (χ3v) is 4.41. The molecule has 0 aliphatic heterocycles. The summed E-state index contributed by atoms with van der Waals surface area (Å²) in [5.74, 6) is 0.794. The number of aromatic nitrogens is 2. The van der Waals surface area contributed by atoms with Crippen molar-refractivity contribution < 1.29 is 0 Å². The molecule has 3 aromatic rings. The van der Waals surface area contributed by atoms with Gasteiger partial charge in [0.15, 0.2) is 0 Å². The second kappa shape index (κ2) is 4.62. The standard InChI is InChI=1S/C18H18N2O/c1-20-16-11-14(13-5-3-2-4-6-13)10-15(9-12-7-8-12)17(16)19-18(20)21/h2-6,10-12H,7-9H2,1H3,(H,19,21). The van der Waals surface area contributed by atoms with Crippen LogP contribution in [0.4, 0.5) is 0 Å². The zero-order valence-corrected chi connectivity index (χ0v) is 12.1. The highest BCUT2D eigenvalue weighted by atomic mass is 16.1. The van der Waals surface area contributed by atoms with E-state index in [0.29, 0.717) is 0 Å². The van der Waals surface area contributed by atoms with Gasteiger partial charge in [0.1, 0.15) is 0 Å². The van der Waals surface area contributed by atoms with Crippen molar-refractivity contribution >= 4 is 11.0 Å². The highest BCUT2D eigenvalue weighted by molar-refractivity contribution is 5.85. The normalized spacial score (nSPS) is 14.7. The van der Waals surface area contributed by atoms with Gasteiger partial charge in [-0.1, -0.05) is 30.3 Å². The molecule has 0 spiro atoms. The summed E-state index contributed by atoms with van der Waals surface area (Å²) < 4.78 is 1.71. The van der Waals surface area contributed by atoms with Crippen molar-refractivity contribution in [3.05, 3.63) is 58.5 Å². The van der Waals surface area contributed by atoms with Gasteiger partial charge in [0.25, 0.3) is 0 Å². The van der Waals surface area contributed by atoms with Crippen LogP contribution in [0.15, 0.2) is 47.3 Å². The first kappa shape index (κ1) is 12.5. The molecule has 0 unspecified atom stereocenters. The minimum atomic E-state index is -0.0349. The smallest absolute Gasteiger partial charge is 0.305 e. The number of hydrogen-bond acceptors (Lipinski definition) is 1. The maximum atomic E-state index is 11.9. The van der Waals surface area contributed by atoms with Crippen LogP contribution in [0.1, 0.15) is 18.4 Å². The molecule has 1 aliphatic rings. The van der Waals surface area contributed by atoms with Crippen LogP contribution >= 0.6 is 0 Å². The van der Waals surface area contributed by atoms with E-state index in [1.165, 1.54) is 29.5 Å². The number of rotatable bonds is 3. The molecule has 3 nitrogen and oxygen atoms in total. The number of imidazole rings is 1. The molecule has 3 heteroatoms. The van der Waals surface area contributed by atoms with Gasteiger partial charge in [-0.25, -0.2) is 4.79 Å². The molecule has 4 rings (SSSR count). The molecular formula is C18H18N2O. The minimum Gasteiger partial charge on any atom is -0.305 e. The average Bonchev–Trinajstić information content (AvgIpc) is 3.27. The molecular weight excluding hydrogens is 260 g/mol. The number of nitrogens with zero attached hydrogens (tertiary/aromatic N) is 1. The van der Waals surface area contributed by atoms with Gasteiger partial charge in [-0.2, -0.15) is 0 Å². The van der Waals surface area contributed by atoms with Gasteiger partial charge >= 0.3 is 5.69 Å². The molecule has 0 atom stereocenters. The number of hydrogen-bond donors (Lipinski definition) is 1. The van der Waals surface area contributed by atoms with E-state index in [2.05, 4.69) is 41.4 Å². The number of benzene rings is 2. The Hall–Kier alpha value is -2.29. The molecule has 1 N–H and O–H groups in total. The Bertz CT molecular complexity index is 854. The Labute approximate surface area is 123 Å². The zero-order valence-electron chi connectivity index (χ0n) is 12.1. The van der Waals surface area contributed by atoms with Crippen molar-refractivity contribution in [2.24, 2.45) is 13.0 Å². The first-order chi connectivity index (χ1) is 10.2. The van der Waals surface area contributed by atoms with Crippen molar-refractivity contribution in [3.8, 4) is 11.1 Å². The summed E-state index contributed by atoms with van der Waals surface area (Å²) in [6, 6.07) is 14.7. The molecule has 0 saturated heterocycles. The fraction of sp³-hybridized carbons (Fsp3) is 0.278. The summed E-state index contributed by atoms with van der Waals surface area (Å²) in [6.45, 7) is 0. The number of H-pyrrole nitrogens is 1. The molecule has 0 radical (unpaired) electrons. The summed E-state index contributed by atoms with van der Waals surface area (Å²) in [7, 11) is 1.83. The maximum Gasteiger partial charge on any atom is 0.326 e. The summed E-state index contributed by atoms with van der Waals surface area (Å²) in [6.07, 6.45) is 3.69. The Morgan fingerprint density at radius 2 is 1.90 bits per heavy atom. The molecule has 0 amide bonds.